The minimum Gasteiger partial charge on any atom is -0.359 e. The zero-order valence-corrected chi connectivity index (χ0v) is 8.47. The molecule has 0 aliphatic carbocycles. The first-order chi connectivity index (χ1) is 6.22. The summed E-state index contributed by atoms with van der Waals surface area (Å²) in [5, 5.41) is 6.04. The summed E-state index contributed by atoms with van der Waals surface area (Å²) in [6, 6.07) is 0.482. The van der Waals surface area contributed by atoms with Gasteiger partial charge in [-0.2, -0.15) is 0 Å². The van der Waals surface area contributed by atoms with Crippen LogP contribution in [0.3, 0.4) is 0 Å². The summed E-state index contributed by atoms with van der Waals surface area (Å²) in [7, 11) is 3.80. The number of likely N-dealkylation sites (N-methyl/N-ethyl adjacent to an activating group) is 1. The van der Waals surface area contributed by atoms with E-state index in [0.717, 1.165) is 26.1 Å². The average molecular weight is 185 g/mol. The SMILES string of the molecule is CNC(=O)CCC1CN(C)CCN1. The molecule has 1 rings (SSSR count). The van der Waals surface area contributed by atoms with E-state index < -0.39 is 0 Å². The lowest BCUT2D eigenvalue weighted by Gasteiger charge is -2.30. The number of hydrogen-bond acceptors (Lipinski definition) is 3. The third kappa shape index (κ3) is 3.74. The van der Waals surface area contributed by atoms with Crippen molar-refractivity contribution < 1.29 is 4.79 Å². The summed E-state index contributed by atoms with van der Waals surface area (Å²) >= 11 is 0. The minimum atomic E-state index is 0.134. The summed E-state index contributed by atoms with van der Waals surface area (Å²) in [4.78, 5) is 13.3. The Balaban J connectivity index is 2.17. The Labute approximate surface area is 79.7 Å². The molecule has 1 amide bonds. The average Bonchev–Trinajstić information content (AvgIpc) is 2.14. The highest BCUT2D eigenvalue weighted by atomic mass is 16.1. The molecular weight excluding hydrogens is 166 g/mol. The van der Waals surface area contributed by atoms with E-state index in [-0.39, 0.29) is 5.91 Å². The Kier molecular flexibility index (Phi) is 4.18. The molecule has 76 valence electrons. The number of carbonyl (C=O) groups is 1. The second kappa shape index (κ2) is 5.19. The first-order valence-electron chi connectivity index (χ1n) is 4.85. The van der Waals surface area contributed by atoms with Gasteiger partial charge < -0.3 is 15.5 Å². The zero-order valence-electron chi connectivity index (χ0n) is 8.47. The molecule has 0 radical (unpaired) electrons. The van der Waals surface area contributed by atoms with Gasteiger partial charge in [0.1, 0.15) is 0 Å². The van der Waals surface area contributed by atoms with Crippen molar-refractivity contribution in [2.45, 2.75) is 18.9 Å². The molecule has 0 aromatic carbocycles. The van der Waals surface area contributed by atoms with Gasteiger partial charge in [0.2, 0.25) is 5.91 Å². The zero-order chi connectivity index (χ0) is 9.68. The fourth-order valence-corrected chi connectivity index (χ4v) is 1.62. The second-order valence-electron chi connectivity index (χ2n) is 3.63. The molecule has 0 spiro atoms. The monoisotopic (exact) mass is 185 g/mol. The minimum absolute atomic E-state index is 0.134. The van der Waals surface area contributed by atoms with Crippen LogP contribution in [0.2, 0.25) is 0 Å². The molecule has 1 aliphatic heterocycles. The van der Waals surface area contributed by atoms with Gasteiger partial charge in [0.15, 0.2) is 0 Å². The van der Waals surface area contributed by atoms with Gasteiger partial charge in [0.25, 0.3) is 0 Å². The van der Waals surface area contributed by atoms with Crippen molar-refractivity contribution in [3.05, 3.63) is 0 Å². The molecule has 4 nitrogen and oxygen atoms in total. The van der Waals surface area contributed by atoms with Gasteiger partial charge in [-0.3, -0.25) is 4.79 Å². The summed E-state index contributed by atoms with van der Waals surface area (Å²) in [6.07, 6.45) is 1.56. The fourth-order valence-electron chi connectivity index (χ4n) is 1.62. The molecule has 4 heteroatoms. The van der Waals surface area contributed by atoms with Gasteiger partial charge in [-0.05, 0) is 13.5 Å². The largest absolute Gasteiger partial charge is 0.359 e. The van der Waals surface area contributed by atoms with Crippen molar-refractivity contribution in [1.82, 2.24) is 15.5 Å². The molecule has 1 fully saturated rings. The number of carbonyl (C=O) groups excluding carboxylic acids is 1. The predicted octanol–water partition coefficient (Wildman–Crippen LogP) is -0.584. The van der Waals surface area contributed by atoms with Crippen LogP contribution in [-0.2, 0) is 4.79 Å². The second-order valence-corrected chi connectivity index (χ2v) is 3.63. The van der Waals surface area contributed by atoms with E-state index in [1.807, 2.05) is 0 Å². The standard InChI is InChI=1S/C9H19N3O/c1-10-9(13)4-3-8-7-12(2)6-5-11-8/h8,11H,3-7H2,1-2H3,(H,10,13). The van der Waals surface area contributed by atoms with E-state index in [1.165, 1.54) is 0 Å². The van der Waals surface area contributed by atoms with Crippen molar-refractivity contribution >= 4 is 5.91 Å². The van der Waals surface area contributed by atoms with Gasteiger partial charge in [0, 0.05) is 39.1 Å². The molecule has 0 aromatic heterocycles. The van der Waals surface area contributed by atoms with E-state index in [4.69, 9.17) is 0 Å². The lowest BCUT2D eigenvalue weighted by atomic mass is 10.1. The van der Waals surface area contributed by atoms with Crippen LogP contribution in [0.4, 0.5) is 0 Å². The van der Waals surface area contributed by atoms with E-state index in [0.29, 0.717) is 12.5 Å². The highest BCUT2D eigenvalue weighted by molar-refractivity contribution is 5.75. The van der Waals surface area contributed by atoms with Gasteiger partial charge in [-0.15, -0.1) is 0 Å². The predicted molar refractivity (Wildman–Crippen MR) is 52.6 cm³/mol. The van der Waals surface area contributed by atoms with Crippen molar-refractivity contribution in [3.8, 4) is 0 Å². The third-order valence-electron chi connectivity index (χ3n) is 2.46. The normalized spacial score (nSPS) is 24.3. The van der Waals surface area contributed by atoms with Crippen molar-refractivity contribution in [2.24, 2.45) is 0 Å². The van der Waals surface area contributed by atoms with Gasteiger partial charge >= 0.3 is 0 Å². The topological polar surface area (TPSA) is 44.4 Å². The molecule has 13 heavy (non-hydrogen) atoms. The van der Waals surface area contributed by atoms with E-state index in [9.17, 15) is 4.79 Å². The van der Waals surface area contributed by atoms with E-state index in [1.54, 1.807) is 7.05 Å². The Morgan fingerprint density at radius 3 is 3.08 bits per heavy atom. The highest BCUT2D eigenvalue weighted by Gasteiger charge is 2.16. The molecule has 0 aromatic rings. The molecule has 1 saturated heterocycles. The Bertz CT molecular complexity index is 172. The van der Waals surface area contributed by atoms with Gasteiger partial charge in [0.05, 0.1) is 0 Å². The Hall–Kier alpha value is -0.610. The van der Waals surface area contributed by atoms with E-state index >= 15 is 0 Å². The van der Waals surface area contributed by atoms with E-state index in [2.05, 4.69) is 22.6 Å². The van der Waals surface area contributed by atoms with Gasteiger partial charge in [-0.25, -0.2) is 0 Å². The summed E-state index contributed by atoms with van der Waals surface area (Å²) in [5.74, 6) is 0.134. The van der Waals surface area contributed by atoms with Crippen LogP contribution < -0.4 is 10.6 Å². The molecule has 1 atom stereocenters. The lowest BCUT2D eigenvalue weighted by molar-refractivity contribution is -0.120. The summed E-state index contributed by atoms with van der Waals surface area (Å²) in [6.45, 7) is 3.20. The van der Waals surface area contributed by atoms with Crippen LogP contribution in [0.25, 0.3) is 0 Å². The first-order valence-corrected chi connectivity index (χ1v) is 4.85. The third-order valence-corrected chi connectivity index (χ3v) is 2.46. The maximum absolute atomic E-state index is 11.0. The van der Waals surface area contributed by atoms with Crippen LogP contribution >= 0.6 is 0 Å². The summed E-state index contributed by atoms with van der Waals surface area (Å²) in [5.41, 5.74) is 0. The van der Waals surface area contributed by atoms with Crippen LogP contribution in [-0.4, -0.2) is 50.6 Å². The highest BCUT2D eigenvalue weighted by Crippen LogP contribution is 2.02. The van der Waals surface area contributed by atoms with Crippen molar-refractivity contribution in [1.29, 1.82) is 0 Å². The van der Waals surface area contributed by atoms with Crippen LogP contribution in [0.1, 0.15) is 12.8 Å². The molecule has 2 N–H and O–H groups in total. The smallest absolute Gasteiger partial charge is 0.219 e. The lowest BCUT2D eigenvalue weighted by Crippen LogP contribution is -2.49. The maximum Gasteiger partial charge on any atom is 0.219 e. The molecule has 0 bridgehead atoms. The number of hydrogen-bond donors (Lipinski definition) is 2. The van der Waals surface area contributed by atoms with Crippen molar-refractivity contribution in [3.63, 3.8) is 0 Å². The molecule has 1 aliphatic rings. The van der Waals surface area contributed by atoms with Crippen LogP contribution in [0.5, 0.6) is 0 Å². The number of rotatable bonds is 3. The molecule has 1 unspecified atom stereocenters. The van der Waals surface area contributed by atoms with Crippen LogP contribution in [0, 0.1) is 0 Å². The quantitative estimate of drug-likeness (QED) is 0.618. The number of amides is 1. The number of nitrogens with one attached hydrogen (secondary N) is 2. The van der Waals surface area contributed by atoms with Gasteiger partial charge in [-0.1, -0.05) is 0 Å². The number of piperazine rings is 1. The molecule has 0 saturated carbocycles. The number of nitrogens with zero attached hydrogens (tertiary/aromatic N) is 1. The fraction of sp³-hybridized carbons (Fsp3) is 0.889. The Morgan fingerprint density at radius 1 is 1.69 bits per heavy atom. The Morgan fingerprint density at radius 2 is 2.46 bits per heavy atom. The van der Waals surface area contributed by atoms with Crippen molar-refractivity contribution in [2.75, 3.05) is 33.7 Å². The summed E-state index contributed by atoms with van der Waals surface area (Å²) < 4.78 is 0. The molecule has 1 heterocycles. The first kappa shape index (κ1) is 10.5. The maximum atomic E-state index is 11.0. The van der Waals surface area contributed by atoms with Crippen LogP contribution in [0.15, 0.2) is 0 Å². The molecular formula is C9H19N3O.